The Kier molecular flexibility index (Phi) is 13.6. The highest BCUT2D eigenvalue weighted by atomic mass is 19.1. The summed E-state index contributed by atoms with van der Waals surface area (Å²) in [6, 6.07) is 12.0. The Morgan fingerprint density at radius 2 is 1.49 bits per heavy atom. The van der Waals surface area contributed by atoms with Crippen LogP contribution in [-0.2, 0) is 6.42 Å². The van der Waals surface area contributed by atoms with E-state index in [0.717, 1.165) is 25.2 Å². The summed E-state index contributed by atoms with van der Waals surface area (Å²) in [5.74, 6) is 0.431. The van der Waals surface area contributed by atoms with Crippen LogP contribution in [-0.4, -0.2) is 12.6 Å². The van der Waals surface area contributed by atoms with Gasteiger partial charge in [0, 0.05) is 0 Å². The molecule has 2 aromatic carbocycles. The monoisotopic (exact) mass is 510 g/mol. The Hall–Kier alpha value is -2.36. The molecule has 0 spiro atoms. The molecule has 2 aromatic rings. The van der Waals surface area contributed by atoms with Gasteiger partial charge in [0.05, 0.1) is 12.2 Å². The van der Waals surface area contributed by atoms with Crippen LogP contribution in [0.1, 0.15) is 126 Å². The molecule has 1 saturated carbocycles. The van der Waals surface area contributed by atoms with Crippen molar-refractivity contribution in [2.45, 2.75) is 116 Å². The van der Waals surface area contributed by atoms with E-state index < -0.39 is 11.8 Å². The Labute approximate surface area is 224 Å². The molecule has 1 aliphatic rings. The lowest BCUT2D eigenvalue weighted by Gasteiger charge is -2.21. The number of benzene rings is 2. The van der Waals surface area contributed by atoms with Crippen molar-refractivity contribution < 1.29 is 18.7 Å². The zero-order valence-corrected chi connectivity index (χ0v) is 22.9. The third-order valence-electron chi connectivity index (χ3n) is 7.62. The SMILES string of the molecule is CCCCCCCCCCCCOc1ccc(C(=O)Oc2ccc(CCC3CCCCC3)cc2)cc1F. The molecule has 0 bridgehead atoms. The van der Waals surface area contributed by atoms with E-state index in [2.05, 4.69) is 6.92 Å². The second-order valence-corrected chi connectivity index (χ2v) is 10.8. The van der Waals surface area contributed by atoms with Crippen LogP contribution in [0.25, 0.3) is 0 Å². The first kappa shape index (κ1) is 29.2. The molecule has 0 aliphatic heterocycles. The zero-order chi connectivity index (χ0) is 26.1. The molecule has 0 aromatic heterocycles. The Morgan fingerprint density at radius 3 is 2.14 bits per heavy atom. The standard InChI is InChI=1S/C33H47FO3/c1-2-3-4-5-6-7-8-9-10-14-25-36-32-24-21-29(26-31(32)34)33(35)37-30-22-19-28(20-23-30)18-17-27-15-12-11-13-16-27/h19-24,26-27H,2-18,25H2,1H3. The zero-order valence-electron chi connectivity index (χ0n) is 22.9. The summed E-state index contributed by atoms with van der Waals surface area (Å²) in [6.45, 7) is 2.74. The molecule has 0 N–H and O–H groups in total. The number of carbonyl (C=O) groups is 1. The van der Waals surface area contributed by atoms with Gasteiger partial charge in [-0.05, 0) is 61.1 Å². The summed E-state index contributed by atoms with van der Waals surface area (Å²) in [5, 5.41) is 0. The number of rotatable bonds is 17. The molecule has 1 fully saturated rings. The average molecular weight is 511 g/mol. The highest BCUT2D eigenvalue weighted by Gasteiger charge is 2.15. The number of esters is 1. The van der Waals surface area contributed by atoms with Crippen LogP contribution in [0.4, 0.5) is 4.39 Å². The van der Waals surface area contributed by atoms with Gasteiger partial charge in [0.2, 0.25) is 0 Å². The fourth-order valence-corrected chi connectivity index (χ4v) is 5.25. The number of aryl methyl sites for hydroxylation is 1. The van der Waals surface area contributed by atoms with Gasteiger partial charge in [0.15, 0.2) is 11.6 Å². The topological polar surface area (TPSA) is 35.5 Å². The molecule has 204 valence electrons. The second-order valence-electron chi connectivity index (χ2n) is 10.8. The van der Waals surface area contributed by atoms with Crippen molar-refractivity contribution in [3.63, 3.8) is 0 Å². The number of carbonyl (C=O) groups excluding carboxylic acids is 1. The fourth-order valence-electron chi connectivity index (χ4n) is 5.25. The molecule has 3 rings (SSSR count). The minimum atomic E-state index is -0.560. The highest BCUT2D eigenvalue weighted by Crippen LogP contribution is 2.28. The van der Waals surface area contributed by atoms with E-state index in [-0.39, 0.29) is 11.3 Å². The van der Waals surface area contributed by atoms with E-state index in [1.54, 1.807) is 6.07 Å². The molecule has 0 heterocycles. The molecular weight excluding hydrogens is 463 g/mol. The number of hydrogen-bond donors (Lipinski definition) is 0. The highest BCUT2D eigenvalue weighted by molar-refractivity contribution is 5.91. The number of ether oxygens (including phenoxy) is 2. The van der Waals surface area contributed by atoms with Gasteiger partial charge in [-0.15, -0.1) is 0 Å². The largest absolute Gasteiger partial charge is 0.491 e. The average Bonchev–Trinajstić information content (AvgIpc) is 2.92. The first-order valence-corrected chi connectivity index (χ1v) is 14.9. The fraction of sp³-hybridized carbons (Fsp3) is 0.606. The molecule has 0 radical (unpaired) electrons. The Balaban J connectivity index is 1.32. The van der Waals surface area contributed by atoms with Gasteiger partial charge in [-0.1, -0.05) is 109 Å². The summed E-state index contributed by atoms with van der Waals surface area (Å²) < 4.78 is 25.6. The van der Waals surface area contributed by atoms with Crippen LogP contribution in [0.5, 0.6) is 11.5 Å². The summed E-state index contributed by atoms with van der Waals surface area (Å²) in [7, 11) is 0. The van der Waals surface area contributed by atoms with E-state index >= 15 is 0 Å². The van der Waals surface area contributed by atoms with Gasteiger partial charge in [0.25, 0.3) is 0 Å². The van der Waals surface area contributed by atoms with Crippen LogP contribution in [0, 0.1) is 11.7 Å². The van der Waals surface area contributed by atoms with Crippen molar-refractivity contribution in [2.75, 3.05) is 6.61 Å². The molecule has 4 heteroatoms. The van der Waals surface area contributed by atoms with Gasteiger partial charge in [-0.25, -0.2) is 9.18 Å². The minimum Gasteiger partial charge on any atom is -0.491 e. The third kappa shape index (κ3) is 11.3. The van der Waals surface area contributed by atoms with Crippen LogP contribution in [0.3, 0.4) is 0 Å². The van der Waals surface area contributed by atoms with Gasteiger partial charge in [-0.3, -0.25) is 0 Å². The molecular formula is C33H47FO3. The van der Waals surface area contributed by atoms with Gasteiger partial charge < -0.3 is 9.47 Å². The summed E-state index contributed by atoms with van der Waals surface area (Å²) in [5.41, 5.74) is 1.45. The molecule has 0 atom stereocenters. The molecule has 0 saturated heterocycles. The lowest BCUT2D eigenvalue weighted by molar-refractivity contribution is 0.0734. The minimum absolute atomic E-state index is 0.185. The summed E-state index contributed by atoms with van der Waals surface area (Å²) in [6.07, 6.45) is 21.6. The second kappa shape index (κ2) is 17.2. The molecule has 3 nitrogen and oxygen atoms in total. The van der Waals surface area contributed by atoms with E-state index in [1.165, 1.54) is 108 Å². The van der Waals surface area contributed by atoms with Crippen LogP contribution in [0.2, 0.25) is 0 Å². The van der Waals surface area contributed by atoms with Crippen molar-refractivity contribution in [3.05, 3.63) is 59.4 Å². The van der Waals surface area contributed by atoms with Crippen LogP contribution >= 0.6 is 0 Å². The van der Waals surface area contributed by atoms with Crippen molar-refractivity contribution >= 4 is 5.97 Å². The van der Waals surface area contributed by atoms with E-state index in [1.807, 2.05) is 24.3 Å². The lowest BCUT2D eigenvalue weighted by atomic mass is 9.85. The van der Waals surface area contributed by atoms with Crippen LogP contribution < -0.4 is 9.47 Å². The number of halogens is 1. The Morgan fingerprint density at radius 1 is 0.838 bits per heavy atom. The lowest BCUT2D eigenvalue weighted by Crippen LogP contribution is -2.09. The molecule has 1 aliphatic carbocycles. The normalized spacial score (nSPS) is 14.0. The van der Waals surface area contributed by atoms with Crippen molar-refractivity contribution in [1.29, 1.82) is 0 Å². The summed E-state index contributed by atoms with van der Waals surface area (Å²) in [4.78, 5) is 12.5. The maximum atomic E-state index is 14.5. The third-order valence-corrected chi connectivity index (χ3v) is 7.62. The Bertz CT molecular complexity index is 902. The summed E-state index contributed by atoms with van der Waals surface area (Å²) >= 11 is 0. The first-order valence-electron chi connectivity index (χ1n) is 14.9. The van der Waals surface area contributed by atoms with Crippen molar-refractivity contribution in [1.82, 2.24) is 0 Å². The van der Waals surface area contributed by atoms with Gasteiger partial charge in [-0.2, -0.15) is 0 Å². The predicted octanol–water partition coefficient (Wildman–Crippen LogP) is 9.86. The van der Waals surface area contributed by atoms with Crippen LogP contribution in [0.15, 0.2) is 42.5 Å². The smallest absolute Gasteiger partial charge is 0.343 e. The maximum absolute atomic E-state index is 14.5. The quantitative estimate of drug-likeness (QED) is 0.121. The first-order chi connectivity index (χ1) is 18.2. The molecule has 37 heavy (non-hydrogen) atoms. The van der Waals surface area contributed by atoms with Gasteiger partial charge >= 0.3 is 5.97 Å². The van der Waals surface area contributed by atoms with E-state index in [9.17, 15) is 9.18 Å². The molecule has 0 unspecified atom stereocenters. The molecule has 0 amide bonds. The van der Waals surface area contributed by atoms with Crippen molar-refractivity contribution in [2.24, 2.45) is 5.92 Å². The van der Waals surface area contributed by atoms with E-state index in [4.69, 9.17) is 9.47 Å². The maximum Gasteiger partial charge on any atom is 0.343 e. The van der Waals surface area contributed by atoms with Gasteiger partial charge in [0.1, 0.15) is 5.75 Å². The van der Waals surface area contributed by atoms with E-state index in [0.29, 0.717) is 12.4 Å². The predicted molar refractivity (Wildman–Crippen MR) is 150 cm³/mol. The number of unbranched alkanes of at least 4 members (excludes halogenated alkanes) is 9. The number of hydrogen-bond acceptors (Lipinski definition) is 3. The van der Waals surface area contributed by atoms with Crippen molar-refractivity contribution in [3.8, 4) is 11.5 Å².